The standard InChI is InChI=1S/C21H22O10/c1-8-15(25)17(27)18(28)21(29-8)31-20-16(26)14-12(24)6-11(23)7-13(14)30-19(20)9-2-4-10(22)5-3-9/h2-8,15,17-25,27-28H,1H3/t8-,15+,17+,18+,19+,20+,21-/m1/s1. The third-order valence-electron chi connectivity index (χ3n) is 5.41. The van der Waals surface area contributed by atoms with Gasteiger partial charge in [0.05, 0.1) is 6.10 Å². The fourth-order valence-electron chi connectivity index (χ4n) is 3.72. The maximum absolute atomic E-state index is 13.3. The number of hydrogen-bond donors (Lipinski definition) is 6. The molecule has 0 radical (unpaired) electrons. The highest BCUT2D eigenvalue weighted by Crippen LogP contribution is 2.43. The van der Waals surface area contributed by atoms with Crippen LogP contribution in [0.3, 0.4) is 0 Å². The fourth-order valence-corrected chi connectivity index (χ4v) is 3.72. The number of rotatable bonds is 3. The number of fused-ring (bicyclic) bond motifs is 1. The number of phenols is 3. The van der Waals surface area contributed by atoms with Crippen LogP contribution in [0.25, 0.3) is 0 Å². The van der Waals surface area contributed by atoms with Gasteiger partial charge in [0.25, 0.3) is 0 Å². The zero-order valence-corrected chi connectivity index (χ0v) is 16.3. The third kappa shape index (κ3) is 3.80. The minimum Gasteiger partial charge on any atom is -0.508 e. The van der Waals surface area contributed by atoms with E-state index in [1.165, 1.54) is 37.3 Å². The number of carbonyl (C=O) groups excluding carboxylic acids is 1. The van der Waals surface area contributed by atoms with Gasteiger partial charge in [0.2, 0.25) is 5.78 Å². The number of phenolic OH excluding ortho intramolecular Hbond substituents is 3. The first-order valence-electron chi connectivity index (χ1n) is 9.58. The van der Waals surface area contributed by atoms with Gasteiger partial charge >= 0.3 is 0 Å². The number of benzene rings is 2. The number of carbonyl (C=O) groups is 1. The van der Waals surface area contributed by atoms with Crippen molar-refractivity contribution >= 4 is 5.78 Å². The number of Topliss-reactive ketones (excluding diaryl/α,β-unsaturated/α-hetero) is 1. The van der Waals surface area contributed by atoms with E-state index in [-0.39, 0.29) is 22.8 Å². The molecule has 10 heteroatoms. The van der Waals surface area contributed by atoms with Crippen molar-refractivity contribution in [2.45, 2.75) is 49.8 Å². The molecular formula is C21H22O10. The van der Waals surface area contributed by atoms with Crippen LogP contribution < -0.4 is 4.74 Å². The quantitative estimate of drug-likeness (QED) is 0.396. The van der Waals surface area contributed by atoms with Gasteiger partial charge in [-0.05, 0) is 24.6 Å². The summed E-state index contributed by atoms with van der Waals surface area (Å²) >= 11 is 0. The van der Waals surface area contributed by atoms with Gasteiger partial charge in [0.1, 0.15) is 46.9 Å². The highest BCUT2D eigenvalue weighted by molar-refractivity contribution is 6.05. The van der Waals surface area contributed by atoms with Crippen molar-refractivity contribution in [3.8, 4) is 23.0 Å². The molecule has 2 aromatic rings. The molecule has 2 heterocycles. The van der Waals surface area contributed by atoms with Gasteiger partial charge in [-0.2, -0.15) is 0 Å². The predicted octanol–water partition coefficient (Wildman–Crippen LogP) is 0.332. The highest BCUT2D eigenvalue weighted by Gasteiger charge is 2.48. The van der Waals surface area contributed by atoms with E-state index in [9.17, 15) is 35.4 Å². The van der Waals surface area contributed by atoms with Crippen LogP contribution in [-0.4, -0.2) is 73.2 Å². The monoisotopic (exact) mass is 434 g/mol. The van der Waals surface area contributed by atoms with Crippen LogP contribution >= 0.6 is 0 Å². The largest absolute Gasteiger partial charge is 0.508 e. The number of aliphatic hydroxyl groups is 3. The molecule has 0 unspecified atom stereocenters. The van der Waals surface area contributed by atoms with Crippen LogP contribution in [0.2, 0.25) is 0 Å². The molecule has 2 aromatic carbocycles. The normalized spacial score (nSPS) is 32.9. The Kier molecular flexibility index (Phi) is 5.50. The van der Waals surface area contributed by atoms with Crippen LogP contribution in [-0.2, 0) is 9.47 Å². The van der Waals surface area contributed by atoms with E-state index in [0.29, 0.717) is 5.56 Å². The van der Waals surface area contributed by atoms with Gasteiger partial charge in [-0.1, -0.05) is 12.1 Å². The van der Waals surface area contributed by atoms with Crippen molar-refractivity contribution < 1.29 is 49.6 Å². The third-order valence-corrected chi connectivity index (χ3v) is 5.41. The van der Waals surface area contributed by atoms with Crippen LogP contribution in [0.1, 0.15) is 28.9 Å². The first-order chi connectivity index (χ1) is 14.7. The summed E-state index contributed by atoms with van der Waals surface area (Å²) in [4.78, 5) is 13.3. The molecule has 4 rings (SSSR count). The number of ether oxygens (including phenoxy) is 3. The van der Waals surface area contributed by atoms with Crippen molar-refractivity contribution in [2.75, 3.05) is 0 Å². The molecule has 2 aliphatic rings. The number of ketones is 1. The summed E-state index contributed by atoms with van der Waals surface area (Å²) in [5.41, 5.74) is 0.195. The molecule has 31 heavy (non-hydrogen) atoms. The number of aromatic hydroxyl groups is 3. The van der Waals surface area contributed by atoms with Crippen LogP contribution in [0, 0.1) is 0 Å². The maximum atomic E-state index is 13.3. The Morgan fingerprint density at radius 2 is 1.58 bits per heavy atom. The molecule has 7 atom stereocenters. The molecule has 0 bridgehead atoms. The van der Waals surface area contributed by atoms with Crippen LogP contribution in [0.15, 0.2) is 36.4 Å². The van der Waals surface area contributed by atoms with E-state index in [1.807, 2.05) is 0 Å². The second-order valence-electron chi connectivity index (χ2n) is 7.57. The zero-order chi connectivity index (χ0) is 22.4. The average molecular weight is 434 g/mol. The summed E-state index contributed by atoms with van der Waals surface area (Å²) in [7, 11) is 0. The molecule has 0 saturated carbocycles. The lowest BCUT2D eigenvalue weighted by molar-refractivity contribution is -0.304. The zero-order valence-electron chi connectivity index (χ0n) is 16.3. The Balaban J connectivity index is 1.73. The summed E-state index contributed by atoms with van der Waals surface area (Å²) in [6, 6.07) is 7.90. The fraction of sp³-hybridized carbons (Fsp3) is 0.381. The molecular weight excluding hydrogens is 412 g/mol. The lowest BCUT2D eigenvalue weighted by atomic mass is 9.92. The summed E-state index contributed by atoms with van der Waals surface area (Å²) in [5.74, 6) is -1.64. The Morgan fingerprint density at radius 1 is 0.903 bits per heavy atom. The molecule has 0 spiro atoms. The minimum absolute atomic E-state index is 0.0176. The molecule has 1 saturated heterocycles. The molecule has 0 aromatic heterocycles. The molecule has 0 amide bonds. The summed E-state index contributed by atoms with van der Waals surface area (Å²) in [5, 5.41) is 59.8. The van der Waals surface area contributed by atoms with E-state index in [0.717, 1.165) is 6.07 Å². The van der Waals surface area contributed by atoms with Gasteiger partial charge in [-0.25, -0.2) is 0 Å². The highest BCUT2D eigenvalue weighted by atomic mass is 16.7. The summed E-state index contributed by atoms with van der Waals surface area (Å²) in [6.45, 7) is 1.47. The van der Waals surface area contributed by atoms with Crippen LogP contribution in [0.4, 0.5) is 0 Å². The van der Waals surface area contributed by atoms with E-state index >= 15 is 0 Å². The first-order valence-corrected chi connectivity index (χ1v) is 9.58. The van der Waals surface area contributed by atoms with E-state index in [4.69, 9.17) is 14.2 Å². The van der Waals surface area contributed by atoms with Gasteiger partial charge in [-0.15, -0.1) is 0 Å². The number of aliphatic hydroxyl groups excluding tert-OH is 3. The SMILES string of the molecule is C[C@H]1O[C@H](O[C@H]2C(=O)c3c(O)cc(O)cc3O[C@H]2c2ccc(O)cc2)[C@@H](O)[C@@H](O)[C@H]1O. The van der Waals surface area contributed by atoms with Crippen LogP contribution in [0.5, 0.6) is 23.0 Å². The smallest absolute Gasteiger partial charge is 0.203 e. The predicted molar refractivity (Wildman–Crippen MR) is 103 cm³/mol. The minimum atomic E-state index is -1.66. The second kappa shape index (κ2) is 7.98. The average Bonchev–Trinajstić information content (AvgIpc) is 2.72. The van der Waals surface area contributed by atoms with E-state index < -0.39 is 54.4 Å². The molecule has 1 fully saturated rings. The molecule has 6 N–H and O–H groups in total. The Morgan fingerprint density at radius 3 is 2.26 bits per heavy atom. The lowest BCUT2D eigenvalue weighted by Crippen LogP contribution is -2.59. The molecule has 166 valence electrons. The topological polar surface area (TPSA) is 166 Å². The Labute approximate surface area is 176 Å². The van der Waals surface area contributed by atoms with Crippen molar-refractivity contribution in [1.82, 2.24) is 0 Å². The first kappa shape index (κ1) is 21.3. The van der Waals surface area contributed by atoms with Gasteiger partial charge in [0.15, 0.2) is 18.5 Å². The second-order valence-corrected chi connectivity index (χ2v) is 7.57. The molecule has 0 aliphatic carbocycles. The summed E-state index contributed by atoms with van der Waals surface area (Å²) < 4.78 is 17.0. The van der Waals surface area contributed by atoms with Crippen molar-refractivity contribution in [3.05, 3.63) is 47.5 Å². The summed E-state index contributed by atoms with van der Waals surface area (Å²) in [6.07, 6.45) is -9.49. The number of hydrogen-bond acceptors (Lipinski definition) is 10. The van der Waals surface area contributed by atoms with Crippen molar-refractivity contribution in [3.63, 3.8) is 0 Å². The van der Waals surface area contributed by atoms with E-state index in [1.54, 1.807) is 0 Å². The van der Waals surface area contributed by atoms with Gasteiger partial charge in [0, 0.05) is 12.1 Å². The van der Waals surface area contributed by atoms with Crippen molar-refractivity contribution in [2.24, 2.45) is 0 Å². The molecule has 10 nitrogen and oxygen atoms in total. The van der Waals surface area contributed by atoms with E-state index in [2.05, 4.69) is 0 Å². The van der Waals surface area contributed by atoms with Gasteiger partial charge < -0.3 is 44.8 Å². The lowest BCUT2D eigenvalue weighted by Gasteiger charge is -2.42. The Hall–Kier alpha value is -2.89. The van der Waals surface area contributed by atoms with Gasteiger partial charge in [-0.3, -0.25) is 4.79 Å². The van der Waals surface area contributed by atoms with Crippen molar-refractivity contribution in [1.29, 1.82) is 0 Å². The maximum Gasteiger partial charge on any atom is 0.203 e. The Bertz CT molecular complexity index is 975. The molecule has 2 aliphatic heterocycles.